The lowest BCUT2D eigenvalue weighted by molar-refractivity contribution is 0.0498. The van der Waals surface area contributed by atoms with Crippen molar-refractivity contribution >= 4 is 23.6 Å². The van der Waals surface area contributed by atoms with Crippen LogP contribution in [0.4, 0.5) is 5.69 Å². The zero-order chi connectivity index (χ0) is 13.1. The normalized spacial score (nSPS) is 24.1. The first-order chi connectivity index (χ1) is 8.65. The van der Waals surface area contributed by atoms with Crippen LogP contribution in [0.3, 0.4) is 0 Å². The van der Waals surface area contributed by atoms with Gasteiger partial charge in [0.05, 0.1) is 6.10 Å². The summed E-state index contributed by atoms with van der Waals surface area (Å²) >= 11 is 6.02. The lowest BCUT2D eigenvalue weighted by Crippen LogP contribution is -2.44. The Hall–Kier alpha value is -1.06. The quantitative estimate of drug-likeness (QED) is 0.789. The number of anilines is 1. The van der Waals surface area contributed by atoms with Crippen LogP contribution in [0.15, 0.2) is 18.2 Å². The van der Waals surface area contributed by atoms with E-state index in [4.69, 9.17) is 16.3 Å². The number of carbonyl (C=O) groups excluding carboxylic acids is 1. The number of benzene rings is 1. The molecule has 0 spiro atoms. The van der Waals surface area contributed by atoms with Gasteiger partial charge in [-0.15, -0.1) is 0 Å². The fraction of sp³-hybridized carbons (Fsp3) is 0.500. The molecule has 0 aliphatic carbocycles. The fourth-order valence-electron chi connectivity index (χ4n) is 2.45. The lowest BCUT2D eigenvalue weighted by Gasteiger charge is -2.38. The van der Waals surface area contributed by atoms with Crippen LogP contribution in [-0.2, 0) is 4.74 Å². The highest BCUT2D eigenvalue weighted by Crippen LogP contribution is 2.29. The van der Waals surface area contributed by atoms with Crippen LogP contribution in [0.5, 0.6) is 0 Å². The van der Waals surface area contributed by atoms with Crippen molar-refractivity contribution in [2.75, 3.05) is 25.1 Å². The van der Waals surface area contributed by atoms with Gasteiger partial charge in [0.25, 0.3) is 0 Å². The smallest absolute Gasteiger partial charge is 0.152 e. The standard InChI is InChI=1S/C14H18ClNO2/c1-10-5-6-16(8-14(10)18-2)13-7-12(15)4-3-11(13)9-17/h3-4,7,9-10,14H,5-6,8H2,1-2H3. The minimum Gasteiger partial charge on any atom is -0.379 e. The van der Waals surface area contributed by atoms with Crippen LogP contribution in [0, 0.1) is 5.92 Å². The van der Waals surface area contributed by atoms with Crippen molar-refractivity contribution in [3.05, 3.63) is 28.8 Å². The predicted molar refractivity (Wildman–Crippen MR) is 73.6 cm³/mol. The van der Waals surface area contributed by atoms with Gasteiger partial charge in [-0.25, -0.2) is 0 Å². The summed E-state index contributed by atoms with van der Waals surface area (Å²) in [5, 5.41) is 0.656. The fourth-order valence-corrected chi connectivity index (χ4v) is 2.62. The Morgan fingerprint density at radius 1 is 1.50 bits per heavy atom. The molecule has 18 heavy (non-hydrogen) atoms. The number of hydrogen-bond acceptors (Lipinski definition) is 3. The molecule has 0 amide bonds. The highest BCUT2D eigenvalue weighted by molar-refractivity contribution is 6.31. The third-order valence-corrected chi connectivity index (χ3v) is 3.89. The zero-order valence-electron chi connectivity index (χ0n) is 10.7. The number of carbonyl (C=O) groups is 1. The second-order valence-electron chi connectivity index (χ2n) is 4.81. The Bertz CT molecular complexity index is 436. The maximum atomic E-state index is 11.1. The van der Waals surface area contributed by atoms with Gasteiger partial charge in [-0.1, -0.05) is 18.5 Å². The number of nitrogens with zero attached hydrogens (tertiary/aromatic N) is 1. The predicted octanol–water partition coefficient (Wildman–Crippen LogP) is 3.01. The van der Waals surface area contributed by atoms with E-state index in [0.717, 1.165) is 31.5 Å². The molecule has 2 atom stereocenters. The minimum atomic E-state index is 0.206. The van der Waals surface area contributed by atoms with Crippen molar-refractivity contribution in [1.29, 1.82) is 0 Å². The summed E-state index contributed by atoms with van der Waals surface area (Å²) in [5.41, 5.74) is 1.59. The Morgan fingerprint density at radius 2 is 2.28 bits per heavy atom. The van der Waals surface area contributed by atoms with E-state index < -0.39 is 0 Å². The molecule has 0 N–H and O–H groups in total. The summed E-state index contributed by atoms with van der Waals surface area (Å²) in [5.74, 6) is 0.546. The van der Waals surface area contributed by atoms with E-state index in [1.165, 1.54) is 0 Å². The molecule has 98 valence electrons. The van der Waals surface area contributed by atoms with Crippen LogP contribution < -0.4 is 4.90 Å². The molecular weight excluding hydrogens is 250 g/mol. The first kappa shape index (κ1) is 13.4. The van der Waals surface area contributed by atoms with Crippen molar-refractivity contribution in [2.45, 2.75) is 19.4 Å². The van der Waals surface area contributed by atoms with Crippen molar-refractivity contribution in [2.24, 2.45) is 5.92 Å². The molecule has 1 aromatic carbocycles. The molecule has 1 aromatic rings. The molecule has 3 nitrogen and oxygen atoms in total. The summed E-state index contributed by atoms with van der Waals surface area (Å²) in [6, 6.07) is 5.37. The molecule has 0 aromatic heterocycles. The van der Waals surface area contributed by atoms with Crippen LogP contribution in [0.25, 0.3) is 0 Å². The Kier molecular flexibility index (Phi) is 4.25. The highest BCUT2D eigenvalue weighted by Gasteiger charge is 2.27. The second kappa shape index (κ2) is 5.72. The summed E-state index contributed by atoms with van der Waals surface area (Å²) < 4.78 is 5.50. The van der Waals surface area contributed by atoms with Gasteiger partial charge in [0.1, 0.15) is 0 Å². The molecular formula is C14H18ClNO2. The average Bonchev–Trinajstić information content (AvgIpc) is 2.39. The first-order valence-electron chi connectivity index (χ1n) is 6.18. The molecule has 4 heteroatoms. The van der Waals surface area contributed by atoms with Crippen LogP contribution in [0.1, 0.15) is 23.7 Å². The van der Waals surface area contributed by atoms with Gasteiger partial charge < -0.3 is 9.64 Å². The molecule has 0 bridgehead atoms. The lowest BCUT2D eigenvalue weighted by atomic mass is 9.95. The van der Waals surface area contributed by atoms with Crippen LogP contribution in [0.2, 0.25) is 5.02 Å². The van der Waals surface area contributed by atoms with Crippen molar-refractivity contribution in [1.82, 2.24) is 0 Å². The summed E-state index contributed by atoms with van der Waals surface area (Å²) in [6.07, 6.45) is 2.15. The Morgan fingerprint density at radius 3 is 2.94 bits per heavy atom. The third-order valence-electron chi connectivity index (χ3n) is 3.65. The van der Waals surface area contributed by atoms with Crippen LogP contribution >= 0.6 is 11.6 Å². The largest absolute Gasteiger partial charge is 0.379 e. The monoisotopic (exact) mass is 267 g/mol. The summed E-state index contributed by atoms with van der Waals surface area (Å²) in [6.45, 7) is 3.94. The topological polar surface area (TPSA) is 29.5 Å². The molecule has 1 aliphatic heterocycles. The van der Waals surface area contributed by atoms with Gasteiger partial charge >= 0.3 is 0 Å². The van der Waals surface area contributed by atoms with Gasteiger partial charge in [-0.2, -0.15) is 0 Å². The summed E-state index contributed by atoms with van der Waals surface area (Å²) in [4.78, 5) is 13.3. The van der Waals surface area contributed by atoms with Gasteiger partial charge in [-0.05, 0) is 30.5 Å². The minimum absolute atomic E-state index is 0.206. The SMILES string of the molecule is COC1CN(c2cc(Cl)ccc2C=O)CCC1C. The van der Waals surface area contributed by atoms with Crippen LogP contribution in [-0.4, -0.2) is 32.6 Å². The maximum Gasteiger partial charge on any atom is 0.152 e. The molecule has 1 aliphatic rings. The number of rotatable bonds is 3. The van der Waals surface area contributed by atoms with Gasteiger partial charge in [0, 0.05) is 36.5 Å². The van der Waals surface area contributed by atoms with Crippen molar-refractivity contribution in [3.63, 3.8) is 0 Å². The van der Waals surface area contributed by atoms with Crippen molar-refractivity contribution < 1.29 is 9.53 Å². The number of ether oxygens (including phenoxy) is 1. The van der Waals surface area contributed by atoms with E-state index >= 15 is 0 Å². The number of hydrogen-bond donors (Lipinski definition) is 0. The second-order valence-corrected chi connectivity index (χ2v) is 5.24. The van der Waals surface area contributed by atoms with E-state index in [2.05, 4.69) is 11.8 Å². The summed E-state index contributed by atoms with van der Waals surface area (Å²) in [7, 11) is 1.74. The van der Waals surface area contributed by atoms with Gasteiger partial charge in [0.15, 0.2) is 6.29 Å². The maximum absolute atomic E-state index is 11.1. The molecule has 0 saturated carbocycles. The molecule has 1 fully saturated rings. The number of halogens is 1. The number of piperidine rings is 1. The molecule has 1 saturated heterocycles. The highest BCUT2D eigenvalue weighted by atomic mass is 35.5. The van der Waals surface area contributed by atoms with Gasteiger partial charge in [-0.3, -0.25) is 4.79 Å². The van der Waals surface area contributed by atoms with Crippen molar-refractivity contribution in [3.8, 4) is 0 Å². The molecule has 2 unspecified atom stereocenters. The third kappa shape index (κ3) is 2.68. The number of aldehydes is 1. The Labute approximate surface area is 113 Å². The molecule has 1 heterocycles. The number of methoxy groups -OCH3 is 1. The van der Waals surface area contributed by atoms with E-state index in [9.17, 15) is 4.79 Å². The zero-order valence-corrected chi connectivity index (χ0v) is 11.5. The average molecular weight is 268 g/mol. The Balaban J connectivity index is 2.26. The molecule has 2 rings (SSSR count). The van der Waals surface area contributed by atoms with E-state index in [1.54, 1.807) is 19.2 Å². The van der Waals surface area contributed by atoms with E-state index in [-0.39, 0.29) is 6.10 Å². The molecule has 0 radical (unpaired) electrons. The van der Waals surface area contributed by atoms with Gasteiger partial charge in [0.2, 0.25) is 0 Å². The first-order valence-corrected chi connectivity index (χ1v) is 6.56. The van der Waals surface area contributed by atoms with E-state index in [1.807, 2.05) is 6.07 Å². The van der Waals surface area contributed by atoms with E-state index in [0.29, 0.717) is 16.5 Å².